The van der Waals surface area contributed by atoms with Gasteiger partial charge in [0.05, 0.1) is 0 Å². The van der Waals surface area contributed by atoms with E-state index in [4.69, 9.17) is 4.42 Å². The van der Waals surface area contributed by atoms with Gasteiger partial charge in [-0.25, -0.2) is 4.39 Å². The minimum atomic E-state index is -0.416. The number of carbonyl (C=O) groups is 1. The van der Waals surface area contributed by atoms with Crippen molar-refractivity contribution >= 4 is 16.8 Å². The smallest absolute Gasteiger partial charge is 0.228 e. The van der Waals surface area contributed by atoms with Gasteiger partial charge < -0.3 is 4.42 Å². The summed E-state index contributed by atoms with van der Waals surface area (Å²) in [5, 5.41) is 0.876. The highest BCUT2D eigenvalue weighted by atomic mass is 19.1. The van der Waals surface area contributed by atoms with Crippen LogP contribution in [0.25, 0.3) is 11.0 Å². The fourth-order valence-electron chi connectivity index (χ4n) is 2.33. The molecule has 0 aliphatic heterocycles. The highest BCUT2D eigenvalue weighted by molar-refractivity contribution is 6.09. The topological polar surface area (TPSA) is 30.2 Å². The molecule has 20 heavy (non-hydrogen) atoms. The second-order valence-electron chi connectivity index (χ2n) is 4.95. The van der Waals surface area contributed by atoms with Crippen molar-refractivity contribution in [2.75, 3.05) is 0 Å². The monoisotopic (exact) mass is 268 g/mol. The Morgan fingerprint density at radius 1 is 1.10 bits per heavy atom. The Bertz CT molecular complexity index is 795. The molecular weight excluding hydrogens is 255 g/mol. The van der Waals surface area contributed by atoms with Crippen LogP contribution in [0.3, 0.4) is 0 Å². The Kier molecular flexibility index (Phi) is 2.90. The molecule has 0 bridgehead atoms. The summed E-state index contributed by atoms with van der Waals surface area (Å²) in [6.45, 7) is 3.68. The Morgan fingerprint density at radius 3 is 2.60 bits per heavy atom. The lowest BCUT2D eigenvalue weighted by Crippen LogP contribution is -2.00. The largest absolute Gasteiger partial charge is 0.452 e. The highest BCUT2D eigenvalue weighted by Crippen LogP contribution is 2.24. The third-order valence-corrected chi connectivity index (χ3v) is 3.27. The Morgan fingerprint density at radius 2 is 1.90 bits per heavy atom. The molecule has 0 unspecified atom stereocenters. The van der Waals surface area contributed by atoms with Crippen molar-refractivity contribution in [3.05, 3.63) is 70.7 Å². The van der Waals surface area contributed by atoms with Crippen molar-refractivity contribution in [3.8, 4) is 0 Å². The molecule has 3 rings (SSSR count). The molecule has 1 heterocycles. The quantitative estimate of drug-likeness (QED) is 0.644. The lowest BCUT2D eigenvalue weighted by molar-refractivity contribution is 0.101. The van der Waals surface area contributed by atoms with E-state index in [1.807, 2.05) is 25.1 Å². The first kappa shape index (κ1) is 12.6. The summed E-state index contributed by atoms with van der Waals surface area (Å²) in [4.78, 5) is 12.4. The molecule has 0 aliphatic rings. The number of rotatable bonds is 2. The molecule has 0 saturated carbocycles. The number of benzene rings is 2. The van der Waals surface area contributed by atoms with Crippen molar-refractivity contribution in [2.45, 2.75) is 13.8 Å². The van der Waals surface area contributed by atoms with Crippen molar-refractivity contribution in [1.29, 1.82) is 0 Å². The van der Waals surface area contributed by atoms with Crippen LogP contribution in [0.1, 0.15) is 27.2 Å². The minimum Gasteiger partial charge on any atom is -0.452 e. The predicted octanol–water partition coefficient (Wildman–Crippen LogP) is 4.42. The molecule has 3 heteroatoms. The van der Waals surface area contributed by atoms with Crippen LogP contribution in [0.15, 0.2) is 46.9 Å². The average molecular weight is 268 g/mol. The maximum absolute atomic E-state index is 13.4. The predicted molar refractivity (Wildman–Crippen MR) is 75.5 cm³/mol. The molecule has 0 radical (unpaired) electrons. The van der Waals surface area contributed by atoms with Gasteiger partial charge in [0.15, 0.2) is 5.76 Å². The zero-order chi connectivity index (χ0) is 14.3. The Labute approximate surface area is 115 Å². The molecule has 0 amide bonds. The number of carbonyl (C=O) groups excluding carboxylic acids is 1. The molecule has 100 valence electrons. The summed E-state index contributed by atoms with van der Waals surface area (Å²) in [5.74, 6) is -0.483. The van der Waals surface area contributed by atoms with Crippen LogP contribution in [0.4, 0.5) is 4.39 Å². The summed E-state index contributed by atoms with van der Waals surface area (Å²) < 4.78 is 19.0. The van der Waals surface area contributed by atoms with Crippen LogP contribution < -0.4 is 0 Å². The lowest BCUT2D eigenvalue weighted by Gasteiger charge is -2.00. The number of ketones is 1. The van der Waals surface area contributed by atoms with E-state index in [0.29, 0.717) is 16.7 Å². The van der Waals surface area contributed by atoms with Gasteiger partial charge in [-0.2, -0.15) is 0 Å². The minimum absolute atomic E-state index is 0.235. The van der Waals surface area contributed by atoms with E-state index in [1.165, 1.54) is 12.1 Å². The summed E-state index contributed by atoms with van der Waals surface area (Å²) >= 11 is 0. The van der Waals surface area contributed by atoms with Crippen LogP contribution in [-0.2, 0) is 0 Å². The number of furan rings is 1. The van der Waals surface area contributed by atoms with Crippen LogP contribution in [0, 0.1) is 19.7 Å². The molecule has 0 saturated heterocycles. The molecular formula is C17H13FO2. The van der Waals surface area contributed by atoms with Crippen molar-refractivity contribution < 1.29 is 13.6 Å². The molecule has 0 atom stereocenters. The number of aryl methyl sites for hydroxylation is 2. The molecule has 3 aromatic rings. The van der Waals surface area contributed by atoms with Gasteiger partial charge >= 0.3 is 0 Å². The number of hydrogen-bond donors (Lipinski definition) is 0. The summed E-state index contributed by atoms with van der Waals surface area (Å²) in [6, 6.07) is 11.7. The zero-order valence-electron chi connectivity index (χ0n) is 11.2. The first-order chi connectivity index (χ1) is 9.54. The van der Waals surface area contributed by atoms with E-state index in [0.717, 1.165) is 10.9 Å². The van der Waals surface area contributed by atoms with E-state index in [9.17, 15) is 9.18 Å². The van der Waals surface area contributed by atoms with Crippen molar-refractivity contribution in [3.63, 3.8) is 0 Å². The standard InChI is InChI=1S/C17H13FO2/c1-10-6-13(8-14(18)7-10)16(19)15-9-12-5-3-4-11(2)17(12)20-15/h3-9H,1-2H3. The van der Waals surface area contributed by atoms with Crippen molar-refractivity contribution in [2.24, 2.45) is 0 Å². The van der Waals surface area contributed by atoms with Crippen molar-refractivity contribution in [1.82, 2.24) is 0 Å². The van der Waals surface area contributed by atoms with Gasteiger partial charge in [0.25, 0.3) is 0 Å². The number of halogens is 1. The van der Waals surface area contributed by atoms with Gasteiger partial charge in [-0.15, -0.1) is 0 Å². The van der Waals surface area contributed by atoms with Crippen LogP contribution in [0.2, 0.25) is 0 Å². The molecule has 0 aliphatic carbocycles. The average Bonchev–Trinajstić information content (AvgIpc) is 2.82. The molecule has 0 fully saturated rings. The van der Waals surface area contributed by atoms with E-state index in [2.05, 4.69) is 0 Å². The normalized spacial score (nSPS) is 10.9. The van der Waals surface area contributed by atoms with E-state index in [-0.39, 0.29) is 11.5 Å². The second kappa shape index (κ2) is 4.60. The van der Waals surface area contributed by atoms with Gasteiger partial charge in [-0.05, 0) is 49.2 Å². The third-order valence-electron chi connectivity index (χ3n) is 3.27. The fraction of sp³-hybridized carbons (Fsp3) is 0.118. The van der Waals surface area contributed by atoms with Gasteiger partial charge in [0, 0.05) is 10.9 Å². The molecule has 0 N–H and O–H groups in total. The van der Waals surface area contributed by atoms with Crippen LogP contribution in [0.5, 0.6) is 0 Å². The summed E-state index contributed by atoms with van der Waals surface area (Å²) in [6.07, 6.45) is 0. The second-order valence-corrected chi connectivity index (χ2v) is 4.95. The van der Waals surface area contributed by atoms with Gasteiger partial charge in [0.1, 0.15) is 11.4 Å². The third kappa shape index (κ3) is 2.11. The number of para-hydroxylation sites is 1. The maximum Gasteiger partial charge on any atom is 0.228 e. The van der Waals surface area contributed by atoms with Crippen LogP contribution >= 0.6 is 0 Å². The summed E-state index contributed by atoms with van der Waals surface area (Å²) in [7, 11) is 0. The molecule has 1 aromatic heterocycles. The maximum atomic E-state index is 13.4. The van der Waals surface area contributed by atoms with E-state index < -0.39 is 5.82 Å². The Hall–Kier alpha value is -2.42. The number of fused-ring (bicyclic) bond motifs is 1. The van der Waals surface area contributed by atoms with E-state index in [1.54, 1.807) is 19.1 Å². The highest BCUT2D eigenvalue weighted by Gasteiger charge is 2.16. The molecule has 2 nitrogen and oxygen atoms in total. The van der Waals surface area contributed by atoms with Crippen LogP contribution in [-0.4, -0.2) is 5.78 Å². The van der Waals surface area contributed by atoms with E-state index >= 15 is 0 Å². The number of hydrogen-bond acceptors (Lipinski definition) is 2. The Balaban J connectivity index is 2.10. The first-order valence-corrected chi connectivity index (χ1v) is 6.35. The fourth-order valence-corrected chi connectivity index (χ4v) is 2.33. The first-order valence-electron chi connectivity index (χ1n) is 6.35. The van der Waals surface area contributed by atoms with Gasteiger partial charge in [-0.1, -0.05) is 18.2 Å². The van der Waals surface area contributed by atoms with Gasteiger partial charge in [-0.3, -0.25) is 4.79 Å². The summed E-state index contributed by atoms with van der Waals surface area (Å²) in [5.41, 5.74) is 2.68. The zero-order valence-corrected chi connectivity index (χ0v) is 11.2. The molecule has 2 aromatic carbocycles. The molecule has 0 spiro atoms. The van der Waals surface area contributed by atoms with Gasteiger partial charge in [0.2, 0.25) is 5.78 Å². The SMILES string of the molecule is Cc1cc(F)cc(C(=O)c2cc3cccc(C)c3o2)c1. The lowest BCUT2D eigenvalue weighted by atomic mass is 10.1.